The van der Waals surface area contributed by atoms with Crippen LogP contribution in [0.5, 0.6) is 0 Å². The number of nitrogens with one attached hydrogen (secondary N) is 2. The molecule has 0 radical (unpaired) electrons. The molecule has 0 fully saturated rings. The summed E-state index contributed by atoms with van der Waals surface area (Å²) in [5.41, 5.74) is -0.173. The number of aromatic nitrogens is 3. The summed E-state index contributed by atoms with van der Waals surface area (Å²) in [6.45, 7) is 2.68. The van der Waals surface area contributed by atoms with Crippen LogP contribution >= 0.6 is 11.8 Å². The van der Waals surface area contributed by atoms with E-state index in [1.807, 2.05) is 14.0 Å². The lowest BCUT2D eigenvalue weighted by atomic mass is 10.2. The zero-order chi connectivity index (χ0) is 12.0. The van der Waals surface area contributed by atoms with Crippen LogP contribution in [0.2, 0.25) is 0 Å². The molecule has 1 atom stereocenters. The first-order chi connectivity index (χ1) is 7.72. The first-order valence-electron chi connectivity index (χ1n) is 5.29. The molecule has 1 aromatic heterocycles. The molecule has 1 heterocycles. The molecule has 0 aromatic carbocycles. The molecule has 0 amide bonds. The van der Waals surface area contributed by atoms with Crippen molar-refractivity contribution in [3.05, 3.63) is 10.5 Å². The van der Waals surface area contributed by atoms with E-state index in [4.69, 9.17) is 5.11 Å². The Balaban J connectivity index is 2.56. The van der Waals surface area contributed by atoms with Gasteiger partial charge in [0.1, 0.15) is 0 Å². The number of aromatic amines is 1. The lowest BCUT2D eigenvalue weighted by Crippen LogP contribution is -2.29. The van der Waals surface area contributed by atoms with Gasteiger partial charge in [-0.1, -0.05) is 11.8 Å². The van der Waals surface area contributed by atoms with Gasteiger partial charge in [0.15, 0.2) is 5.16 Å². The summed E-state index contributed by atoms with van der Waals surface area (Å²) in [5.74, 6) is 0.779. The van der Waals surface area contributed by atoms with E-state index in [-0.39, 0.29) is 18.3 Å². The predicted octanol–water partition coefficient (Wildman–Crippen LogP) is -0.346. The Bertz CT molecular complexity index is 363. The van der Waals surface area contributed by atoms with Crippen LogP contribution in [0.4, 0.5) is 0 Å². The van der Waals surface area contributed by atoms with Crippen LogP contribution in [0.25, 0.3) is 0 Å². The van der Waals surface area contributed by atoms with Crippen LogP contribution in [-0.4, -0.2) is 45.3 Å². The monoisotopic (exact) mass is 246 g/mol. The number of aliphatic hydroxyl groups is 1. The molecular weight excluding hydrogens is 228 g/mol. The highest BCUT2D eigenvalue weighted by atomic mass is 32.2. The molecule has 0 aliphatic carbocycles. The molecule has 0 saturated carbocycles. The Kier molecular flexibility index (Phi) is 5.58. The highest BCUT2D eigenvalue weighted by Crippen LogP contribution is 2.15. The van der Waals surface area contributed by atoms with Crippen LogP contribution in [0.3, 0.4) is 0 Å². The van der Waals surface area contributed by atoms with Crippen molar-refractivity contribution >= 4 is 11.8 Å². The minimum atomic E-state index is -0.173. The average molecular weight is 246 g/mol. The van der Waals surface area contributed by atoms with Gasteiger partial charge in [0.2, 0.25) is 0 Å². The van der Waals surface area contributed by atoms with Gasteiger partial charge in [-0.05, 0) is 20.4 Å². The van der Waals surface area contributed by atoms with E-state index in [9.17, 15) is 4.79 Å². The fourth-order valence-corrected chi connectivity index (χ4v) is 2.50. The maximum absolute atomic E-state index is 11.3. The smallest absolute Gasteiger partial charge is 0.343 e. The third-order valence-electron chi connectivity index (χ3n) is 2.34. The van der Waals surface area contributed by atoms with Gasteiger partial charge in [-0.15, -0.1) is 5.10 Å². The zero-order valence-corrected chi connectivity index (χ0v) is 10.4. The number of H-pyrrole nitrogens is 1. The van der Waals surface area contributed by atoms with E-state index >= 15 is 0 Å². The summed E-state index contributed by atoms with van der Waals surface area (Å²) in [6, 6.07) is 0.229. The molecule has 0 bridgehead atoms. The molecule has 0 aliphatic rings. The molecule has 16 heavy (non-hydrogen) atoms. The Labute approximate surface area is 98.4 Å². The van der Waals surface area contributed by atoms with Crippen LogP contribution in [0, 0.1) is 0 Å². The molecule has 3 N–H and O–H groups in total. The van der Waals surface area contributed by atoms with Gasteiger partial charge in [0.05, 0.1) is 0 Å². The van der Waals surface area contributed by atoms with Gasteiger partial charge in [0.25, 0.3) is 0 Å². The summed E-state index contributed by atoms with van der Waals surface area (Å²) in [5, 5.41) is 19.0. The van der Waals surface area contributed by atoms with Crippen molar-refractivity contribution in [2.75, 3.05) is 19.4 Å². The molecule has 0 spiro atoms. The molecule has 1 rings (SSSR count). The summed E-state index contributed by atoms with van der Waals surface area (Å²) in [6.07, 6.45) is 0.699. The minimum absolute atomic E-state index is 0.160. The molecule has 92 valence electrons. The Hall–Kier alpha value is -0.790. The van der Waals surface area contributed by atoms with Crippen molar-refractivity contribution < 1.29 is 5.11 Å². The average Bonchev–Trinajstić information content (AvgIpc) is 2.65. The summed E-state index contributed by atoms with van der Waals surface area (Å²) < 4.78 is 1.59. The topological polar surface area (TPSA) is 82.9 Å². The number of thioether (sulfide) groups is 1. The first-order valence-corrected chi connectivity index (χ1v) is 6.27. The molecule has 0 saturated heterocycles. The quantitative estimate of drug-likeness (QED) is 0.573. The molecule has 1 aromatic rings. The molecule has 0 aliphatic heterocycles. The minimum Gasteiger partial charge on any atom is -0.396 e. The van der Waals surface area contributed by atoms with E-state index in [2.05, 4.69) is 15.5 Å². The Morgan fingerprint density at radius 1 is 1.69 bits per heavy atom. The lowest BCUT2D eigenvalue weighted by molar-refractivity contribution is 0.273. The van der Waals surface area contributed by atoms with E-state index in [1.165, 1.54) is 11.8 Å². The van der Waals surface area contributed by atoms with Crippen LogP contribution in [0.15, 0.2) is 9.95 Å². The molecular formula is C9H18N4O2S. The Morgan fingerprint density at radius 3 is 3.00 bits per heavy atom. The number of hydrogen-bond donors (Lipinski definition) is 3. The maximum Gasteiger partial charge on any atom is 0.343 e. The van der Waals surface area contributed by atoms with Crippen molar-refractivity contribution in [1.82, 2.24) is 20.1 Å². The van der Waals surface area contributed by atoms with E-state index in [0.717, 1.165) is 5.75 Å². The van der Waals surface area contributed by atoms with E-state index in [0.29, 0.717) is 18.1 Å². The predicted molar refractivity (Wildman–Crippen MR) is 63.8 cm³/mol. The van der Waals surface area contributed by atoms with Crippen molar-refractivity contribution in [3.63, 3.8) is 0 Å². The second kappa shape index (κ2) is 6.72. The normalized spacial score (nSPS) is 12.9. The highest BCUT2D eigenvalue weighted by Gasteiger charge is 2.11. The van der Waals surface area contributed by atoms with Gasteiger partial charge in [-0.25, -0.2) is 9.89 Å². The number of nitrogens with zero attached hydrogens (tertiary/aromatic N) is 2. The summed E-state index contributed by atoms with van der Waals surface area (Å²) in [7, 11) is 1.86. The van der Waals surface area contributed by atoms with Crippen molar-refractivity contribution in [2.24, 2.45) is 0 Å². The fourth-order valence-electron chi connectivity index (χ4n) is 1.33. The molecule has 1 unspecified atom stereocenters. The fraction of sp³-hybridized carbons (Fsp3) is 0.778. The van der Waals surface area contributed by atoms with Gasteiger partial charge in [0, 0.05) is 24.9 Å². The van der Waals surface area contributed by atoms with Gasteiger partial charge in [-0.3, -0.25) is 4.57 Å². The van der Waals surface area contributed by atoms with E-state index in [1.54, 1.807) is 4.57 Å². The highest BCUT2D eigenvalue weighted by molar-refractivity contribution is 7.99. The SMILES string of the molecule is CCn1c(SCC(CCO)NC)n[nH]c1=O. The van der Waals surface area contributed by atoms with E-state index < -0.39 is 0 Å². The maximum atomic E-state index is 11.3. The van der Waals surface area contributed by atoms with Crippen LogP contribution < -0.4 is 11.0 Å². The standard InChI is InChI=1S/C9H18N4O2S/c1-3-13-8(15)11-12-9(13)16-6-7(10-2)4-5-14/h7,10,14H,3-6H2,1-2H3,(H,11,15). The summed E-state index contributed by atoms with van der Waals surface area (Å²) >= 11 is 1.51. The van der Waals surface area contributed by atoms with Crippen molar-refractivity contribution in [2.45, 2.75) is 31.1 Å². The zero-order valence-electron chi connectivity index (χ0n) is 9.56. The molecule has 6 nitrogen and oxygen atoms in total. The number of aliphatic hydroxyl groups excluding tert-OH is 1. The van der Waals surface area contributed by atoms with Crippen LogP contribution in [-0.2, 0) is 6.54 Å². The number of hydrogen-bond acceptors (Lipinski definition) is 5. The van der Waals surface area contributed by atoms with Crippen molar-refractivity contribution in [3.8, 4) is 0 Å². The van der Waals surface area contributed by atoms with Crippen molar-refractivity contribution in [1.29, 1.82) is 0 Å². The largest absolute Gasteiger partial charge is 0.396 e. The van der Waals surface area contributed by atoms with Gasteiger partial charge >= 0.3 is 5.69 Å². The number of rotatable bonds is 7. The Morgan fingerprint density at radius 2 is 2.44 bits per heavy atom. The lowest BCUT2D eigenvalue weighted by Gasteiger charge is -2.13. The summed E-state index contributed by atoms with van der Waals surface area (Å²) in [4.78, 5) is 11.3. The third-order valence-corrected chi connectivity index (χ3v) is 3.48. The third kappa shape index (κ3) is 3.36. The second-order valence-corrected chi connectivity index (χ2v) is 4.35. The first kappa shape index (κ1) is 13.3. The van der Waals surface area contributed by atoms with Gasteiger partial charge in [-0.2, -0.15) is 0 Å². The van der Waals surface area contributed by atoms with Gasteiger partial charge < -0.3 is 10.4 Å². The van der Waals surface area contributed by atoms with Crippen LogP contribution in [0.1, 0.15) is 13.3 Å². The molecule has 7 heteroatoms. The second-order valence-electron chi connectivity index (χ2n) is 3.36.